The standard InChI is InChI=1S/C23H28SSi2/c1-25(2,3)23(24-20-14-8-5-9-15-20)26(4,21-16-10-6-11-17-21)22-18-12-7-13-19-22/h5-19,23H,1-4H3. The number of thioether (sulfide) groups is 1. The highest BCUT2D eigenvalue weighted by Crippen LogP contribution is 2.35. The molecule has 0 saturated heterocycles. The number of benzene rings is 3. The predicted molar refractivity (Wildman–Crippen MR) is 123 cm³/mol. The third-order valence-corrected chi connectivity index (χ3v) is 20.1. The van der Waals surface area contributed by atoms with Crippen molar-refractivity contribution in [1.29, 1.82) is 0 Å². The topological polar surface area (TPSA) is 0 Å². The summed E-state index contributed by atoms with van der Waals surface area (Å²) >= 11 is 2.12. The van der Waals surface area contributed by atoms with Gasteiger partial charge in [-0.3, -0.25) is 0 Å². The van der Waals surface area contributed by atoms with Crippen LogP contribution in [0.2, 0.25) is 26.2 Å². The Balaban J connectivity index is 2.17. The highest BCUT2D eigenvalue weighted by molar-refractivity contribution is 8.04. The average molecular weight is 393 g/mol. The molecule has 0 bridgehead atoms. The van der Waals surface area contributed by atoms with Gasteiger partial charge in [-0.05, 0) is 12.1 Å². The lowest BCUT2D eigenvalue weighted by Crippen LogP contribution is -2.69. The van der Waals surface area contributed by atoms with Gasteiger partial charge in [-0.15, -0.1) is 11.8 Å². The van der Waals surface area contributed by atoms with E-state index in [9.17, 15) is 0 Å². The number of rotatable bonds is 6. The van der Waals surface area contributed by atoms with Gasteiger partial charge in [0.05, 0.1) is 8.07 Å². The minimum atomic E-state index is -1.92. The van der Waals surface area contributed by atoms with Gasteiger partial charge in [0.1, 0.15) is 8.07 Å². The SMILES string of the molecule is C[Si](C)(C)C(Sc1ccccc1)[Si](C)(c1ccccc1)c1ccccc1. The Bertz CT molecular complexity index is 772. The molecule has 26 heavy (non-hydrogen) atoms. The quantitative estimate of drug-likeness (QED) is 0.397. The van der Waals surface area contributed by atoms with E-state index in [2.05, 4.69) is 129 Å². The molecular formula is C23H28SSi2. The van der Waals surface area contributed by atoms with Crippen molar-refractivity contribution in [1.82, 2.24) is 0 Å². The van der Waals surface area contributed by atoms with Crippen LogP contribution in [0.5, 0.6) is 0 Å². The first-order valence-electron chi connectivity index (χ1n) is 9.25. The van der Waals surface area contributed by atoms with Crippen LogP contribution in [0.4, 0.5) is 0 Å². The van der Waals surface area contributed by atoms with E-state index in [4.69, 9.17) is 0 Å². The minimum absolute atomic E-state index is 0.655. The van der Waals surface area contributed by atoms with Crippen LogP contribution in [0.1, 0.15) is 0 Å². The highest BCUT2D eigenvalue weighted by atomic mass is 32.2. The lowest BCUT2D eigenvalue weighted by molar-refractivity contribution is 1.42. The third kappa shape index (κ3) is 4.06. The largest absolute Gasteiger partial charge is 0.128 e. The molecule has 3 rings (SSSR count). The summed E-state index contributed by atoms with van der Waals surface area (Å²) < 4.78 is 0.655. The van der Waals surface area contributed by atoms with Crippen LogP contribution in [-0.4, -0.2) is 20.6 Å². The van der Waals surface area contributed by atoms with E-state index < -0.39 is 16.1 Å². The lowest BCUT2D eigenvalue weighted by atomic mass is 10.4. The molecule has 0 radical (unpaired) electrons. The molecule has 3 aromatic rings. The summed E-state index contributed by atoms with van der Waals surface area (Å²) in [7, 11) is -3.37. The van der Waals surface area contributed by atoms with Gasteiger partial charge in [-0.25, -0.2) is 0 Å². The molecule has 3 heteroatoms. The van der Waals surface area contributed by atoms with Crippen LogP contribution in [-0.2, 0) is 0 Å². The normalized spacial score (nSPS) is 13.4. The van der Waals surface area contributed by atoms with Crippen LogP contribution < -0.4 is 10.4 Å². The van der Waals surface area contributed by atoms with E-state index in [1.54, 1.807) is 10.4 Å². The Kier molecular flexibility index (Phi) is 5.90. The van der Waals surface area contributed by atoms with Crippen molar-refractivity contribution in [3.8, 4) is 0 Å². The third-order valence-electron chi connectivity index (χ3n) is 5.06. The summed E-state index contributed by atoms with van der Waals surface area (Å²) in [5, 5.41) is 3.09. The lowest BCUT2D eigenvalue weighted by Gasteiger charge is -2.43. The fraction of sp³-hybridized carbons (Fsp3) is 0.217. The van der Waals surface area contributed by atoms with Gasteiger partial charge in [0, 0.05) is 9.39 Å². The molecule has 0 fully saturated rings. The van der Waals surface area contributed by atoms with Gasteiger partial charge in [0.25, 0.3) is 0 Å². The van der Waals surface area contributed by atoms with Crippen molar-refractivity contribution < 1.29 is 0 Å². The van der Waals surface area contributed by atoms with Crippen molar-refractivity contribution in [3.63, 3.8) is 0 Å². The van der Waals surface area contributed by atoms with E-state index in [1.807, 2.05) is 0 Å². The highest BCUT2D eigenvalue weighted by Gasteiger charge is 2.47. The molecule has 0 aromatic heterocycles. The zero-order valence-electron chi connectivity index (χ0n) is 16.1. The number of hydrogen-bond donors (Lipinski definition) is 0. The first-order chi connectivity index (χ1) is 12.4. The van der Waals surface area contributed by atoms with Gasteiger partial charge in [-0.2, -0.15) is 0 Å². The Labute approximate surface area is 164 Å². The molecule has 0 aliphatic heterocycles. The second-order valence-corrected chi connectivity index (χ2v) is 20.2. The van der Waals surface area contributed by atoms with E-state index >= 15 is 0 Å². The van der Waals surface area contributed by atoms with E-state index in [1.165, 1.54) is 4.90 Å². The van der Waals surface area contributed by atoms with Gasteiger partial charge < -0.3 is 0 Å². The molecule has 0 N–H and O–H groups in total. The van der Waals surface area contributed by atoms with Crippen LogP contribution in [0.15, 0.2) is 95.9 Å². The molecule has 0 aliphatic carbocycles. The summed E-state index contributed by atoms with van der Waals surface area (Å²) in [5.41, 5.74) is 0. The monoisotopic (exact) mass is 392 g/mol. The van der Waals surface area contributed by atoms with Gasteiger partial charge >= 0.3 is 0 Å². The van der Waals surface area contributed by atoms with Gasteiger partial charge in [0.15, 0.2) is 0 Å². The van der Waals surface area contributed by atoms with Crippen molar-refractivity contribution in [2.75, 3.05) is 0 Å². The van der Waals surface area contributed by atoms with Crippen molar-refractivity contribution >= 4 is 38.3 Å². The van der Waals surface area contributed by atoms with Crippen molar-refractivity contribution in [2.45, 2.75) is 35.6 Å². The predicted octanol–water partition coefficient (Wildman–Crippen LogP) is 5.46. The maximum atomic E-state index is 2.58. The van der Waals surface area contributed by atoms with Crippen LogP contribution in [0.25, 0.3) is 0 Å². The van der Waals surface area contributed by atoms with Crippen molar-refractivity contribution in [2.24, 2.45) is 0 Å². The molecule has 3 aromatic carbocycles. The molecule has 0 amide bonds. The van der Waals surface area contributed by atoms with Gasteiger partial charge in [0.2, 0.25) is 0 Å². The molecular weight excluding hydrogens is 364 g/mol. The van der Waals surface area contributed by atoms with Gasteiger partial charge in [-0.1, -0.05) is 115 Å². The maximum Gasteiger partial charge on any atom is 0.125 e. The van der Waals surface area contributed by atoms with E-state index in [-0.39, 0.29) is 0 Å². The molecule has 0 nitrogen and oxygen atoms in total. The maximum absolute atomic E-state index is 2.58. The zero-order valence-corrected chi connectivity index (χ0v) is 19.0. The first kappa shape index (κ1) is 19.2. The fourth-order valence-electron chi connectivity index (χ4n) is 3.83. The summed E-state index contributed by atoms with van der Waals surface area (Å²) in [6.45, 7) is 10.2. The van der Waals surface area contributed by atoms with E-state index in [0.29, 0.717) is 4.50 Å². The summed E-state index contributed by atoms with van der Waals surface area (Å²) in [5.74, 6) is 0. The molecule has 0 saturated carbocycles. The fourth-order valence-corrected chi connectivity index (χ4v) is 19.0. The van der Waals surface area contributed by atoms with E-state index in [0.717, 1.165) is 0 Å². The second-order valence-electron chi connectivity index (χ2n) is 8.11. The molecule has 0 spiro atoms. The molecule has 0 aliphatic rings. The minimum Gasteiger partial charge on any atom is -0.128 e. The molecule has 1 unspecified atom stereocenters. The van der Waals surface area contributed by atoms with Crippen LogP contribution >= 0.6 is 11.8 Å². The van der Waals surface area contributed by atoms with Crippen molar-refractivity contribution in [3.05, 3.63) is 91.0 Å². The molecule has 134 valence electrons. The Morgan fingerprint density at radius 3 is 1.35 bits per heavy atom. The Hall–Kier alpha value is -1.56. The smallest absolute Gasteiger partial charge is 0.125 e. The average Bonchev–Trinajstić information content (AvgIpc) is 2.67. The van der Waals surface area contributed by atoms with Crippen LogP contribution in [0.3, 0.4) is 0 Å². The first-order valence-corrected chi connectivity index (χ1v) is 16.3. The summed E-state index contributed by atoms with van der Waals surface area (Å²) in [6.07, 6.45) is 0. The Morgan fingerprint density at radius 1 is 0.577 bits per heavy atom. The summed E-state index contributed by atoms with van der Waals surface area (Å²) in [6, 6.07) is 33.5. The van der Waals surface area contributed by atoms with Crippen LogP contribution in [0, 0.1) is 0 Å². The Morgan fingerprint density at radius 2 is 0.962 bits per heavy atom. The molecule has 1 atom stereocenters. The second kappa shape index (κ2) is 7.99. The number of hydrogen-bond acceptors (Lipinski definition) is 1. The molecule has 0 heterocycles. The zero-order chi connectivity index (χ0) is 18.6. The summed E-state index contributed by atoms with van der Waals surface area (Å²) in [4.78, 5) is 1.39.